The van der Waals surface area contributed by atoms with Crippen molar-refractivity contribution >= 4 is 17.2 Å². The molecule has 1 fully saturated rings. The zero-order chi connectivity index (χ0) is 15.7. The highest BCUT2D eigenvalue weighted by atomic mass is 32.1. The number of amides is 1. The molecular formula is C17H20N2O2S. The van der Waals surface area contributed by atoms with Crippen LogP contribution in [0.1, 0.15) is 28.0 Å². The van der Waals surface area contributed by atoms with Gasteiger partial charge in [0, 0.05) is 36.6 Å². The Morgan fingerprint density at radius 1 is 1.45 bits per heavy atom. The third-order valence-corrected chi connectivity index (χ3v) is 5.04. The Hall–Kier alpha value is -1.72. The van der Waals surface area contributed by atoms with Gasteiger partial charge in [-0.3, -0.25) is 4.79 Å². The minimum atomic E-state index is -0.0248. The Morgan fingerprint density at radius 2 is 2.27 bits per heavy atom. The second kappa shape index (κ2) is 6.18. The van der Waals surface area contributed by atoms with Crippen LogP contribution in [0.15, 0.2) is 23.6 Å². The number of nitrogens with zero attached hydrogens (tertiary/aromatic N) is 2. The molecule has 1 atom stereocenters. The summed E-state index contributed by atoms with van der Waals surface area (Å²) in [6.45, 7) is 5.62. The highest BCUT2D eigenvalue weighted by Gasteiger charge is 2.27. The fourth-order valence-corrected chi connectivity index (χ4v) is 3.76. The van der Waals surface area contributed by atoms with Crippen molar-refractivity contribution < 1.29 is 9.90 Å². The fraction of sp³-hybridized carbons (Fsp3) is 0.412. The predicted octanol–water partition coefficient (Wildman–Crippen LogP) is 2.88. The van der Waals surface area contributed by atoms with Crippen molar-refractivity contribution in [2.45, 2.75) is 20.3 Å². The quantitative estimate of drug-likeness (QED) is 0.947. The topological polar surface area (TPSA) is 53.4 Å². The summed E-state index contributed by atoms with van der Waals surface area (Å²) in [6.07, 6.45) is 0.871. The third kappa shape index (κ3) is 2.91. The van der Waals surface area contributed by atoms with Crippen LogP contribution < -0.4 is 0 Å². The first-order valence-electron chi connectivity index (χ1n) is 7.51. The van der Waals surface area contributed by atoms with E-state index in [9.17, 15) is 9.90 Å². The van der Waals surface area contributed by atoms with E-state index in [0.717, 1.165) is 17.0 Å². The van der Waals surface area contributed by atoms with Crippen LogP contribution in [0.5, 0.6) is 0 Å². The Bertz CT molecular complexity index is 696. The van der Waals surface area contributed by atoms with E-state index in [1.165, 1.54) is 22.5 Å². The van der Waals surface area contributed by atoms with Crippen LogP contribution in [0.3, 0.4) is 0 Å². The number of carbonyl (C=O) groups is 1. The molecule has 0 bridgehead atoms. The van der Waals surface area contributed by atoms with Crippen LogP contribution in [0.2, 0.25) is 0 Å². The van der Waals surface area contributed by atoms with Crippen molar-refractivity contribution in [2.75, 3.05) is 19.7 Å². The summed E-state index contributed by atoms with van der Waals surface area (Å²) >= 11 is 1.51. The lowest BCUT2D eigenvalue weighted by molar-refractivity contribution is 0.0777. The van der Waals surface area contributed by atoms with Crippen molar-refractivity contribution in [3.8, 4) is 10.6 Å². The molecule has 0 aliphatic carbocycles. The second-order valence-electron chi connectivity index (χ2n) is 5.94. The van der Waals surface area contributed by atoms with Gasteiger partial charge in [-0.05, 0) is 25.8 Å². The monoisotopic (exact) mass is 316 g/mol. The number of rotatable bonds is 3. The minimum absolute atomic E-state index is 0.0248. The highest BCUT2D eigenvalue weighted by Crippen LogP contribution is 2.28. The number of benzene rings is 1. The lowest BCUT2D eigenvalue weighted by atomic mass is 10.1. The molecule has 1 saturated heterocycles. The average Bonchev–Trinajstić information content (AvgIpc) is 3.16. The molecule has 0 spiro atoms. The molecule has 1 aliphatic heterocycles. The number of carbonyl (C=O) groups excluding carboxylic acids is 1. The normalized spacial score (nSPS) is 18.0. The Morgan fingerprint density at radius 3 is 2.95 bits per heavy atom. The van der Waals surface area contributed by atoms with Gasteiger partial charge < -0.3 is 10.0 Å². The van der Waals surface area contributed by atoms with Crippen molar-refractivity contribution in [2.24, 2.45) is 5.92 Å². The summed E-state index contributed by atoms with van der Waals surface area (Å²) in [4.78, 5) is 18.8. The molecule has 1 amide bonds. The summed E-state index contributed by atoms with van der Waals surface area (Å²) in [5.74, 6) is 0.185. The van der Waals surface area contributed by atoms with Crippen LogP contribution in [0.4, 0.5) is 0 Å². The zero-order valence-electron chi connectivity index (χ0n) is 12.9. The van der Waals surface area contributed by atoms with E-state index in [-0.39, 0.29) is 18.4 Å². The summed E-state index contributed by atoms with van der Waals surface area (Å²) in [5.41, 5.74) is 4.00. The van der Waals surface area contributed by atoms with E-state index >= 15 is 0 Å². The average molecular weight is 316 g/mol. The molecule has 1 unspecified atom stereocenters. The number of hydrogen-bond donors (Lipinski definition) is 1. The van der Waals surface area contributed by atoms with E-state index in [2.05, 4.69) is 37.0 Å². The molecule has 1 aromatic carbocycles. The molecule has 0 saturated carbocycles. The number of hydrogen-bond acceptors (Lipinski definition) is 4. The first-order chi connectivity index (χ1) is 10.6. The molecule has 2 aromatic rings. The van der Waals surface area contributed by atoms with Gasteiger partial charge in [0.1, 0.15) is 10.7 Å². The molecule has 116 valence electrons. The molecule has 1 aromatic heterocycles. The molecule has 5 heteroatoms. The molecule has 0 radical (unpaired) electrons. The maximum Gasteiger partial charge on any atom is 0.273 e. The molecule has 22 heavy (non-hydrogen) atoms. The van der Waals surface area contributed by atoms with Crippen molar-refractivity contribution in [3.05, 3.63) is 40.4 Å². The molecule has 3 rings (SSSR count). The smallest absolute Gasteiger partial charge is 0.273 e. The van der Waals surface area contributed by atoms with Crippen LogP contribution >= 0.6 is 11.3 Å². The minimum Gasteiger partial charge on any atom is -0.396 e. The van der Waals surface area contributed by atoms with Crippen molar-refractivity contribution in [3.63, 3.8) is 0 Å². The first-order valence-corrected chi connectivity index (χ1v) is 8.39. The number of thiazole rings is 1. The Labute approximate surface area is 134 Å². The van der Waals surface area contributed by atoms with Gasteiger partial charge in [-0.2, -0.15) is 0 Å². The van der Waals surface area contributed by atoms with Gasteiger partial charge in [-0.1, -0.05) is 23.8 Å². The number of aromatic nitrogens is 1. The lowest BCUT2D eigenvalue weighted by Crippen LogP contribution is -2.29. The lowest BCUT2D eigenvalue weighted by Gasteiger charge is -2.14. The summed E-state index contributed by atoms with van der Waals surface area (Å²) in [7, 11) is 0. The summed E-state index contributed by atoms with van der Waals surface area (Å²) < 4.78 is 0. The number of likely N-dealkylation sites (tertiary alicyclic amines) is 1. The maximum atomic E-state index is 12.5. The molecule has 2 heterocycles. The number of aryl methyl sites for hydroxylation is 2. The first kappa shape index (κ1) is 15.2. The standard InChI is InChI=1S/C17H20N2O2S/c1-11-3-4-14(12(2)7-11)16-18-15(10-22-16)17(21)19-6-5-13(8-19)9-20/h3-4,7,10,13,20H,5-6,8-9H2,1-2H3. The van der Waals surface area contributed by atoms with Crippen LogP contribution in [0, 0.1) is 19.8 Å². The molecule has 1 aliphatic rings. The third-order valence-electron chi connectivity index (χ3n) is 4.17. The van der Waals surface area contributed by atoms with Crippen LogP contribution in [0.25, 0.3) is 10.6 Å². The van der Waals surface area contributed by atoms with Gasteiger partial charge in [-0.25, -0.2) is 4.98 Å². The van der Waals surface area contributed by atoms with Gasteiger partial charge in [0.15, 0.2) is 0 Å². The largest absolute Gasteiger partial charge is 0.396 e. The van der Waals surface area contributed by atoms with Gasteiger partial charge >= 0.3 is 0 Å². The van der Waals surface area contributed by atoms with Crippen LogP contribution in [-0.4, -0.2) is 40.6 Å². The van der Waals surface area contributed by atoms with E-state index in [1.807, 2.05) is 5.38 Å². The maximum absolute atomic E-state index is 12.5. The molecular weight excluding hydrogens is 296 g/mol. The van der Waals surface area contributed by atoms with Gasteiger partial charge in [0.05, 0.1) is 0 Å². The van der Waals surface area contributed by atoms with Crippen LogP contribution in [-0.2, 0) is 0 Å². The van der Waals surface area contributed by atoms with E-state index < -0.39 is 0 Å². The number of aliphatic hydroxyl groups excluding tert-OH is 1. The fourth-order valence-electron chi connectivity index (χ4n) is 2.88. The zero-order valence-corrected chi connectivity index (χ0v) is 13.7. The highest BCUT2D eigenvalue weighted by molar-refractivity contribution is 7.13. The SMILES string of the molecule is Cc1ccc(-c2nc(C(=O)N3CCC(CO)C3)cs2)c(C)c1. The van der Waals surface area contributed by atoms with Gasteiger partial charge in [0.2, 0.25) is 0 Å². The Kier molecular flexibility index (Phi) is 4.27. The Balaban J connectivity index is 1.80. The van der Waals surface area contributed by atoms with Gasteiger partial charge in [0.25, 0.3) is 5.91 Å². The molecule has 4 nitrogen and oxygen atoms in total. The number of aliphatic hydroxyl groups is 1. The van der Waals surface area contributed by atoms with Gasteiger partial charge in [-0.15, -0.1) is 11.3 Å². The van der Waals surface area contributed by atoms with E-state index in [4.69, 9.17) is 0 Å². The van der Waals surface area contributed by atoms with E-state index in [1.54, 1.807) is 4.90 Å². The summed E-state index contributed by atoms with van der Waals surface area (Å²) in [6, 6.07) is 6.26. The van der Waals surface area contributed by atoms with E-state index in [0.29, 0.717) is 18.8 Å². The molecule has 1 N–H and O–H groups in total. The summed E-state index contributed by atoms with van der Waals surface area (Å²) in [5, 5.41) is 11.9. The van der Waals surface area contributed by atoms with Crippen molar-refractivity contribution in [1.29, 1.82) is 0 Å². The van der Waals surface area contributed by atoms with Crippen molar-refractivity contribution in [1.82, 2.24) is 9.88 Å². The predicted molar refractivity (Wildman–Crippen MR) is 88.1 cm³/mol. The second-order valence-corrected chi connectivity index (χ2v) is 6.80.